The lowest BCUT2D eigenvalue weighted by Gasteiger charge is -2.14. The quantitative estimate of drug-likeness (QED) is 0.594. The van der Waals surface area contributed by atoms with Crippen molar-refractivity contribution in [3.05, 3.63) is 36.4 Å². The van der Waals surface area contributed by atoms with Gasteiger partial charge in [-0.2, -0.15) is 0 Å². The van der Waals surface area contributed by atoms with Crippen LogP contribution < -0.4 is 9.47 Å². The van der Waals surface area contributed by atoms with Crippen molar-refractivity contribution in [2.45, 2.75) is 19.4 Å². The molecule has 88 valence electrons. The van der Waals surface area contributed by atoms with Crippen molar-refractivity contribution in [2.24, 2.45) is 0 Å². The molecule has 1 atom stereocenters. The lowest BCUT2D eigenvalue weighted by molar-refractivity contribution is 0.191. The molecule has 0 saturated carbocycles. The van der Waals surface area contributed by atoms with Crippen LogP contribution in [0.5, 0.6) is 11.5 Å². The zero-order valence-corrected chi connectivity index (χ0v) is 9.77. The van der Waals surface area contributed by atoms with E-state index in [0.717, 1.165) is 17.7 Å². The fraction of sp³-hybridized carbons (Fsp3) is 0.385. The molecule has 1 N–H and O–H groups in total. The van der Waals surface area contributed by atoms with E-state index in [4.69, 9.17) is 9.47 Å². The maximum Gasteiger partial charge on any atom is 0.128 e. The number of methoxy groups -OCH3 is 1. The Bertz CT molecular complexity index is 345. The summed E-state index contributed by atoms with van der Waals surface area (Å²) in [6.07, 6.45) is 2.02. The molecule has 0 radical (unpaired) electrons. The normalized spacial score (nSPS) is 11.9. The minimum absolute atomic E-state index is 0.551. The molecular formula is C13H18O3. The van der Waals surface area contributed by atoms with Crippen molar-refractivity contribution in [3.63, 3.8) is 0 Å². The van der Waals surface area contributed by atoms with Gasteiger partial charge in [0.1, 0.15) is 11.5 Å². The second-order valence-electron chi connectivity index (χ2n) is 3.51. The predicted octanol–water partition coefficient (Wildman–Crippen LogP) is 2.70. The van der Waals surface area contributed by atoms with E-state index in [0.29, 0.717) is 12.4 Å². The summed E-state index contributed by atoms with van der Waals surface area (Å²) in [6, 6.07) is 5.40. The highest BCUT2D eigenvalue weighted by atomic mass is 16.5. The fourth-order valence-corrected chi connectivity index (χ4v) is 1.36. The monoisotopic (exact) mass is 222 g/mol. The Morgan fingerprint density at radius 2 is 2.25 bits per heavy atom. The number of aliphatic hydroxyl groups excluding tert-OH is 1. The average molecular weight is 222 g/mol. The van der Waals surface area contributed by atoms with Gasteiger partial charge in [-0.15, -0.1) is 6.58 Å². The van der Waals surface area contributed by atoms with Crippen LogP contribution in [0, 0.1) is 0 Å². The molecule has 0 fully saturated rings. The number of hydrogen-bond donors (Lipinski definition) is 1. The second kappa shape index (κ2) is 6.18. The van der Waals surface area contributed by atoms with Crippen LogP contribution in [-0.4, -0.2) is 18.8 Å². The molecule has 0 spiro atoms. The molecule has 0 saturated heterocycles. The van der Waals surface area contributed by atoms with Crippen molar-refractivity contribution in [2.75, 3.05) is 13.7 Å². The number of rotatable bonds is 6. The molecule has 3 heteroatoms. The van der Waals surface area contributed by atoms with E-state index >= 15 is 0 Å². The van der Waals surface area contributed by atoms with Crippen LogP contribution in [0.1, 0.15) is 25.0 Å². The molecular weight excluding hydrogens is 204 g/mol. The standard InChI is InChI=1S/C13H18O3/c1-4-5-8-16-13-9-11(15-3)6-7-12(13)10(2)14/h4,6-7,9-10,14H,1,5,8H2,2-3H3/t10-/m1/s1. The van der Waals surface area contributed by atoms with Crippen molar-refractivity contribution >= 4 is 0 Å². The van der Waals surface area contributed by atoms with E-state index in [-0.39, 0.29) is 0 Å². The van der Waals surface area contributed by atoms with Crippen molar-refractivity contribution in [3.8, 4) is 11.5 Å². The van der Waals surface area contributed by atoms with Gasteiger partial charge in [0, 0.05) is 11.6 Å². The van der Waals surface area contributed by atoms with Crippen molar-refractivity contribution < 1.29 is 14.6 Å². The average Bonchev–Trinajstić information content (AvgIpc) is 2.29. The Morgan fingerprint density at radius 3 is 2.81 bits per heavy atom. The highest BCUT2D eigenvalue weighted by Gasteiger charge is 2.10. The van der Waals surface area contributed by atoms with E-state index in [1.54, 1.807) is 26.2 Å². The molecule has 0 bridgehead atoms. The van der Waals surface area contributed by atoms with Crippen molar-refractivity contribution in [1.29, 1.82) is 0 Å². The summed E-state index contributed by atoms with van der Waals surface area (Å²) in [5.74, 6) is 1.38. The van der Waals surface area contributed by atoms with Crippen LogP contribution in [0.4, 0.5) is 0 Å². The molecule has 0 aromatic heterocycles. The van der Waals surface area contributed by atoms with Gasteiger partial charge in [0.15, 0.2) is 0 Å². The van der Waals surface area contributed by atoms with Crippen LogP contribution in [0.3, 0.4) is 0 Å². The summed E-state index contributed by atoms with van der Waals surface area (Å²) in [5.41, 5.74) is 0.768. The Kier molecular flexibility index (Phi) is 4.86. The molecule has 0 heterocycles. The van der Waals surface area contributed by atoms with Gasteiger partial charge in [-0.1, -0.05) is 6.08 Å². The molecule has 1 aromatic carbocycles. The smallest absolute Gasteiger partial charge is 0.128 e. The Labute approximate surface area is 96.3 Å². The highest BCUT2D eigenvalue weighted by molar-refractivity contribution is 5.41. The summed E-state index contributed by atoms with van der Waals surface area (Å²) < 4.78 is 10.7. The number of hydrogen-bond acceptors (Lipinski definition) is 3. The van der Waals surface area contributed by atoms with Gasteiger partial charge in [0.05, 0.1) is 19.8 Å². The first-order chi connectivity index (χ1) is 7.69. The SMILES string of the molecule is C=CCCOc1cc(OC)ccc1[C@@H](C)O. The molecule has 1 aromatic rings. The molecule has 0 amide bonds. The van der Waals surface area contributed by atoms with Crippen LogP contribution >= 0.6 is 0 Å². The molecule has 0 aliphatic rings. The molecule has 0 unspecified atom stereocenters. The lowest BCUT2D eigenvalue weighted by atomic mass is 10.1. The molecule has 0 aliphatic carbocycles. The molecule has 1 rings (SSSR count). The summed E-state index contributed by atoms with van der Waals surface area (Å²) in [7, 11) is 1.60. The Morgan fingerprint density at radius 1 is 1.50 bits per heavy atom. The first-order valence-corrected chi connectivity index (χ1v) is 5.28. The van der Waals surface area contributed by atoms with Gasteiger partial charge in [0.25, 0.3) is 0 Å². The maximum atomic E-state index is 9.58. The zero-order chi connectivity index (χ0) is 12.0. The Hall–Kier alpha value is -1.48. The summed E-state index contributed by atoms with van der Waals surface area (Å²) in [6.45, 7) is 5.89. The third kappa shape index (κ3) is 3.28. The van der Waals surface area contributed by atoms with Crippen LogP contribution in [0.2, 0.25) is 0 Å². The predicted molar refractivity (Wildman–Crippen MR) is 63.9 cm³/mol. The zero-order valence-electron chi connectivity index (χ0n) is 9.77. The molecule has 0 aliphatic heterocycles. The van der Waals surface area contributed by atoms with Crippen molar-refractivity contribution in [1.82, 2.24) is 0 Å². The van der Waals surface area contributed by atoms with E-state index < -0.39 is 6.10 Å². The van der Waals surface area contributed by atoms with E-state index in [1.165, 1.54) is 0 Å². The van der Waals surface area contributed by atoms with E-state index in [1.807, 2.05) is 12.1 Å². The van der Waals surface area contributed by atoms with Gasteiger partial charge in [-0.05, 0) is 25.5 Å². The van der Waals surface area contributed by atoms with Crippen LogP contribution in [-0.2, 0) is 0 Å². The van der Waals surface area contributed by atoms with E-state index in [9.17, 15) is 5.11 Å². The third-order valence-electron chi connectivity index (χ3n) is 2.25. The summed E-state index contributed by atoms with van der Waals surface area (Å²) in [4.78, 5) is 0. The summed E-state index contributed by atoms with van der Waals surface area (Å²) in [5, 5.41) is 9.58. The van der Waals surface area contributed by atoms with Gasteiger partial charge >= 0.3 is 0 Å². The van der Waals surface area contributed by atoms with Gasteiger partial charge < -0.3 is 14.6 Å². The fourth-order valence-electron chi connectivity index (χ4n) is 1.36. The maximum absolute atomic E-state index is 9.58. The van der Waals surface area contributed by atoms with Gasteiger partial charge in [0.2, 0.25) is 0 Å². The first-order valence-electron chi connectivity index (χ1n) is 5.28. The van der Waals surface area contributed by atoms with Gasteiger partial charge in [-0.25, -0.2) is 0 Å². The minimum atomic E-state index is -0.551. The van der Waals surface area contributed by atoms with Crippen LogP contribution in [0.15, 0.2) is 30.9 Å². The molecule has 3 nitrogen and oxygen atoms in total. The minimum Gasteiger partial charge on any atom is -0.497 e. The first kappa shape index (κ1) is 12.6. The number of benzene rings is 1. The highest BCUT2D eigenvalue weighted by Crippen LogP contribution is 2.29. The summed E-state index contributed by atoms with van der Waals surface area (Å²) >= 11 is 0. The van der Waals surface area contributed by atoms with Gasteiger partial charge in [-0.3, -0.25) is 0 Å². The number of ether oxygens (including phenoxy) is 2. The lowest BCUT2D eigenvalue weighted by Crippen LogP contribution is -2.02. The largest absolute Gasteiger partial charge is 0.497 e. The third-order valence-corrected chi connectivity index (χ3v) is 2.25. The molecule has 16 heavy (non-hydrogen) atoms. The van der Waals surface area contributed by atoms with Crippen LogP contribution in [0.25, 0.3) is 0 Å². The second-order valence-corrected chi connectivity index (χ2v) is 3.51. The van der Waals surface area contributed by atoms with E-state index in [2.05, 4.69) is 6.58 Å². The Balaban J connectivity index is 2.86. The number of aliphatic hydroxyl groups is 1. The topological polar surface area (TPSA) is 38.7 Å².